The molecular formula is C15H18N4O3S. The summed E-state index contributed by atoms with van der Waals surface area (Å²) in [5.74, 6) is -0.214. The lowest BCUT2D eigenvalue weighted by Crippen LogP contribution is -2.50. The molecule has 0 spiro atoms. The van der Waals surface area contributed by atoms with Crippen LogP contribution in [0.25, 0.3) is 10.9 Å². The Morgan fingerprint density at radius 3 is 2.43 bits per heavy atom. The third-order valence-corrected chi connectivity index (χ3v) is 5.26. The van der Waals surface area contributed by atoms with Crippen molar-refractivity contribution in [3.8, 4) is 0 Å². The predicted molar refractivity (Wildman–Crippen MR) is 86.6 cm³/mol. The number of benzene rings is 1. The normalized spacial score (nSPS) is 16.7. The Morgan fingerprint density at radius 1 is 1.09 bits per heavy atom. The van der Waals surface area contributed by atoms with Gasteiger partial charge in [-0.15, -0.1) is 10.2 Å². The van der Waals surface area contributed by atoms with Gasteiger partial charge in [-0.1, -0.05) is 11.6 Å². The van der Waals surface area contributed by atoms with E-state index in [0.29, 0.717) is 26.2 Å². The van der Waals surface area contributed by atoms with Crippen molar-refractivity contribution in [1.29, 1.82) is 0 Å². The zero-order chi connectivity index (χ0) is 16.6. The van der Waals surface area contributed by atoms with Crippen molar-refractivity contribution < 1.29 is 13.2 Å². The maximum absolute atomic E-state index is 12.5. The van der Waals surface area contributed by atoms with Crippen molar-refractivity contribution in [3.05, 3.63) is 35.5 Å². The van der Waals surface area contributed by atoms with Crippen LogP contribution in [0.3, 0.4) is 0 Å². The minimum absolute atomic E-state index is 0.214. The molecule has 8 heteroatoms. The molecule has 1 aliphatic rings. The maximum atomic E-state index is 12.5. The third-order valence-electron chi connectivity index (χ3n) is 3.95. The van der Waals surface area contributed by atoms with Crippen LogP contribution < -0.4 is 0 Å². The number of carbonyl (C=O) groups is 1. The Bertz CT molecular complexity index is 858. The standard InChI is InChI=1S/C15H18N4O3S/c1-11-3-4-13-12(9-11)10-14(17-16-13)15(20)18-5-7-19(8-6-18)23(2,21)22/h3-4,9-10H,5-8H2,1-2H3. The molecule has 0 bridgehead atoms. The summed E-state index contributed by atoms with van der Waals surface area (Å²) in [5, 5.41) is 8.97. The number of rotatable bonds is 2. The van der Waals surface area contributed by atoms with E-state index in [1.54, 1.807) is 11.0 Å². The summed E-state index contributed by atoms with van der Waals surface area (Å²) in [6, 6.07) is 7.52. The number of hydrogen-bond acceptors (Lipinski definition) is 5. The summed E-state index contributed by atoms with van der Waals surface area (Å²) in [7, 11) is -3.21. The van der Waals surface area contributed by atoms with E-state index in [2.05, 4.69) is 10.2 Å². The van der Waals surface area contributed by atoms with E-state index in [1.807, 2.05) is 25.1 Å². The fourth-order valence-electron chi connectivity index (χ4n) is 2.65. The van der Waals surface area contributed by atoms with Gasteiger partial charge in [0.05, 0.1) is 11.8 Å². The summed E-state index contributed by atoms with van der Waals surface area (Å²) in [5.41, 5.74) is 2.12. The number of carbonyl (C=O) groups excluding carboxylic acids is 1. The Labute approximate surface area is 135 Å². The van der Waals surface area contributed by atoms with Gasteiger partial charge >= 0.3 is 0 Å². The molecule has 1 saturated heterocycles. The van der Waals surface area contributed by atoms with E-state index in [9.17, 15) is 13.2 Å². The van der Waals surface area contributed by atoms with Crippen LogP contribution >= 0.6 is 0 Å². The minimum atomic E-state index is -3.21. The summed E-state index contributed by atoms with van der Waals surface area (Å²) in [4.78, 5) is 14.2. The van der Waals surface area contributed by atoms with Crippen LogP contribution in [0.5, 0.6) is 0 Å². The first-order chi connectivity index (χ1) is 10.8. The first-order valence-corrected chi connectivity index (χ1v) is 9.18. The summed E-state index contributed by atoms with van der Waals surface area (Å²) >= 11 is 0. The number of fused-ring (bicyclic) bond motifs is 1. The Balaban J connectivity index is 1.79. The van der Waals surface area contributed by atoms with E-state index in [0.717, 1.165) is 16.5 Å². The smallest absolute Gasteiger partial charge is 0.274 e. The highest BCUT2D eigenvalue weighted by atomic mass is 32.2. The molecule has 0 radical (unpaired) electrons. The Morgan fingerprint density at radius 2 is 1.78 bits per heavy atom. The van der Waals surface area contributed by atoms with Gasteiger partial charge in [-0.05, 0) is 25.1 Å². The summed E-state index contributed by atoms with van der Waals surface area (Å²) in [6.07, 6.45) is 1.18. The van der Waals surface area contributed by atoms with Gasteiger partial charge in [0.25, 0.3) is 5.91 Å². The fraction of sp³-hybridized carbons (Fsp3) is 0.400. The average Bonchev–Trinajstić information content (AvgIpc) is 2.52. The predicted octanol–water partition coefficient (Wildman–Crippen LogP) is 0.656. The van der Waals surface area contributed by atoms with Crippen molar-refractivity contribution in [2.75, 3.05) is 32.4 Å². The second-order valence-corrected chi connectivity index (χ2v) is 7.73. The van der Waals surface area contributed by atoms with Crippen LogP contribution in [0.1, 0.15) is 16.1 Å². The average molecular weight is 334 g/mol. The Kier molecular flexibility index (Phi) is 4.03. The quantitative estimate of drug-likeness (QED) is 0.805. The first kappa shape index (κ1) is 15.8. The number of nitrogens with zero attached hydrogens (tertiary/aromatic N) is 4. The van der Waals surface area contributed by atoms with Gasteiger partial charge in [0.2, 0.25) is 10.0 Å². The van der Waals surface area contributed by atoms with E-state index >= 15 is 0 Å². The first-order valence-electron chi connectivity index (χ1n) is 7.33. The van der Waals surface area contributed by atoms with Gasteiger partial charge in [0.15, 0.2) is 5.69 Å². The third kappa shape index (κ3) is 3.32. The second-order valence-electron chi connectivity index (χ2n) is 5.75. The molecular weight excluding hydrogens is 316 g/mol. The van der Waals surface area contributed by atoms with Crippen molar-refractivity contribution in [1.82, 2.24) is 19.4 Å². The SMILES string of the molecule is Cc1ccc2nnc(C(=O)N3CCN(S(C)(=O)=O)CC3)cc2c1. The van der Waals surface area contributed by atoms with Gasteiger partial charge < -0.3 is 4.90 Å². The number of piperazine rings is 1. The van der Waals surface area contributed by atoms with Gasteiger partial charge in [0, 0.05) is 31.6 Å². The number of aryl methyl sites for hydroxylation is 1. The van der Waals surface area contributed by atoms with E-state index in [4.69, 9.17) is 0 Å². The number of amides is 1. The zero-order valence-corrected chi connectivity index (χ0v) is 13.9. The highest BCUT2D eigenvalue weighted by Gasteiger charge is 2.27. The van der Waals surface area contributed by atoms with Crippen molar-refractivity contribution in [2.45, 2.75) is 6.92 Å². The van der Waals surface area contributed by atoms with Crippen LogP contribution in [0, 0.1) is 6.92 Å². The largest absolute Gasteiger partial charge is 0.335 e. The maximum Gasteiger partial charge on any atom is 0.274 e. The molecule has 2 heterocycles. The van der Waals surface area contributed by atoms with E-state index < -0.39 is 10.0 Å². The van der Waals surface area contributed by atoms with Gasteiger partial charge in [0.1, 0.15) is 0 Å². The second kappa shape index (κ2) is 5.86. The molecule has 1 amide bonds. The molecule has 1 aliphatic heterocycles. The molecule has 0 unspecified atom stereocenters. The lowest BCUT2D eigenvalue weighted by atomic mass is 10.1. The van der Waals surface area contributed by atoms with Crippen LogP contribution in [0.15, 0.2) is 24.3 Å². The molecule has 23 heavy (non-hydrogen) atoms. The van der Waals surface area contributed by atoms with Crippen LogP contribution in [-0.2, 0) is 10.0 Å². The van der Waals surface area contributed by atoms with Gasteiger partial charge in [-0.3, -0.25) is 4.79 Å². The monoisotopic (exact) mass is 334 g/mol. The molecule has 1 aromatic carbocycles. The number of sulfonamides is 1. The van der Waals surface area contributed by atoms with Crippen molar-refractivity contribution >= 4 is 26.8 Å². The number of aromatic nitrogens is 2. The highest BCUT2D eigenvalue weighted by molar-refractivity contribution is 7.88. The lowest BCUT2D eigenvalue weighted by Gasteiger charge is -2.32. The summed E-state index contributed by atoms with van der Waals surface area (Å²) < 4.78 is 24.4. The molecule has 2 aromatic rings. The minimum Gasteiger partial charge on any atom is -0.335 e. The highest BCUT2D eigenvalue weighted by Crippen LogP contribution is 2.15. The molecule has 7 nitrogen and oxygen atoms in total. The molecule has 0 N–H and O–H groups in total. The zero-order valence-electron chi connectivity index (χ0n) is 13.1. The molecule has 0 atom stereocenters. The molecule has 0 saturated carbocycles. The van der Waals surface area contributed by atoms with Gasteiger partial charge in [-0.2, -0.15) is 4.31 Å². The molecule has 1 fully saturated rings. The van der Waals surface area contributed by atoms with Gasteiger partial charge in [-0.25, -0.2) is 8.42 Å². The summed E-state index contributed by atoms with van der Waals surface area (Å²) in [6.45, 7) is 3.32. The van der Waals surface area contributed by atoms with Crippen LogP contribution in [0.4, 0.5) is 0 Å². The van der Waals surface area contributed by atoms with Crippen LogP contribution in [0.2, 0.25) is 0 Å². The van der Waals surface area contributed by atoms with Crippen molar-refractivity contribution in [3.63, 3.8) is 0 Å². The van der Waals surface area contributed by atoms with E-state index in [1.165, 1.54) is 10.6 Å². The van der Waals surface area contributed by atoms with Crippen molar-refractivity contribution in [2.24, 2.45) is 0 Å². The molecule has 3 rings (SSSR count). The Hall–Kier alpha value is -2.06. The topological polar surface area (TPSA) is 83.5 Å². The number of hydrogen-bond donors (Lipinski definition) is 0. The fourth-order valence-corrected chi connectivity index (χ4v) is 3.48. The molecule has 122 valence electrons. The molecule has 0 aliphatic carbocycles. The van der Waals surface area contributed by atoms with Crippen LogP contribution in [-0.4, -0.2) is 66.2 Å². The lowest BCUT2D eigenvalue weighted by molar-refractivity contribution is 0.0691. The molecule has 1 aromatic heterocycles. The van der Waals surface area contributed by atoms with E-state index in [-0.39, 0.29) is 11.6 Å².